The first-order chi connectivity index (χ1) is 8.40. The molecule has 0 saturated carbocycles. The summed E-state index contributed by atoms with van der Waals surface area (Å²) in [4.78, 5) is 8.26. The average Bonchev–Trinajstić information content (AvgIpc) is 2.24. The maximum absolute atomic E-state index is 11.0. The molecule has 18 heavy (non-hydrogen) atoms. The molecule has 0 radical (unpaired) electrons. The molecule has 5 nitrogen and oxygen atoms in total. The van der Waals surface area contributed by atoms with Crippen molar-refractivity contribution in [3.05, 3.63) is 17.0 Å². The van der Waals surface area contributed by atoms with Crippen LogP contribution < -0.4 is 0 Å². The van der Waals surface area contributed by atoms with Crippen molar-refractivity contribution in [3.8, 4) is 0 Å². The standard InChI is InChI=1S/C10H15ClN2O3S2/c1-3-16-7-9-12-8(11)6-10(13-9)17-4-5-18(2,14)15/h6H,3-5,7H2,1-2H3. The lowest BCUT2D eigenvalue weighted by Gasteiger charge is -2.04. The van der Waals surface area contributed by atoms with Crippen molar-refractivity contribution < 1.29 is 13.2 Å². The van der Waals surface area contributed by atoms with Crippen LogP contribution in [0.3, 0.4) is 0 Å². The number of ether oxygens (including phenoxy) is 1. The van der Waals surface area contributed by atoms with Gasteiger partial charge in [0, 0.05) is 24.7 Å². The van der Waals surface area contributed by atoms with E-state index in [9.17, 15) is 8.42 Å². The van der Waals surface area contributed by atoms with Crippen molar-refractivity contribution in [2.75, 3.05) is 24.4 Å². The third kappa shape index (κ3) is 6.53. The van der Waals surface area contributed by atoms with Gasteiger partial charge in [-0.1, -0.05) is 11.6 Å². The number of halogens is 1. The Labute approximate surface area is 116 Å². The highest BCUT2D eigenvalue weighted by Crippen LogP contribution is 2.19. The van der Waals surface area contributed by atoms with Gasteiger partial charge in [-0.15, -0.1) is 11.8 Å². The Morgan fingerprint density at radius 2 is 2.17 bits per heavy atom. The summed E-state index contributed by atoms with van der Waals surface area (Å²) < 4.78 is 27.2. The first kappa shape index (κ1) is 15.7. The van der Waals surface area contributed by atoms with Crippen LogP contribution in [0, 0.1) is 0 Å². The fourth-order valence-corrected chi connectivity index (χ4v) is 3.46. The molecule has 0 spiro atoms. The third-order valence-electron chi connectivity index (χ3n) is 1.86. The van der Waals surface area contributed by atoms with Crippen molar-refractivity contribution >= 4 is 33.2 Å². The molecule has 8 heteroatoms. The van der Waals surface area contributed by atoms with Crippen LogP contribution in [0.2, 0.25) is 5.15 Å². The molecule has 0 saturated heterocycles. The molecule has 0 aliphatic rings. The van der Waals surface area contributed by atoms with Crippen molar-refractivity contribution in [1.29, 1.82) is 0 Å². The molecule has 1 rings (SSSR count). The average molecular weight is 311 g/mol. The van der Waals surface area contributed by atoms with E-state index in [1.165, 1.54) is 18.0 Å². The number of nitrogens with zero attached hydrogens (tertiary/aromatic N) is 2. The van der Waals surface area contributed by atoms with Gasteiger partial charge in [-0.2, -0.15) is 0 Å². The van der Waals surface area contributed by atoms with Gasteiger partial charge in [-0.05, 0) is 6.92 Å². The fraction of sp³-hybridized carbons (Fsp3) is 0.600. The summed E-state index contributed by atoms with van der Waals surface area (Å²) >= 11 is 7.20. The quantitative estimate of drug-likeness (QED) is 0.565. The summed E-state index contributed by atoms with van der Waals surface area (Å²) in [5.41, 5.74) is 0. The number of thioether (sulfide) groups is 1. The van der Waals surface area contributed by atoms with Gasteiger partial charge in [0.05, 0.1) is 5.75 Å². The van der Waals surface area contributed by atoms with Crippen LogP contribution in [0.25, 0.3) is 0 Å². The van der Waals surface area contributed by atoms with Crippen LogP contribution in [-0.2, 0) is 21.2 Å². The molecule has 0 aliphatic heterocycles. The van der Waals surface area contributed by atoms with Gasteiger partial charge < -0.3 is 4.74 Å². The second-order valence-electron chi connectivity index (χ2n) is 3.56. The van der Waals surface area contributed by atoms with Crippen LogP contribution >= 0.6 is 23.4 Å². The van der Waals surface area contributed by atoms with Crippen LogP contribution in [0.5, 0.6) is 0 Å². The smallest absolute Gasteiger partial charge is 0.156 e. The minimum atomic E-state index is -2.95. The van der Waals surface area contributed by atoms with E-state index in [2.05, 4.69) is 9.97 Å². The number of sulfone groups is 1. The van der Waals surface area contributed by atoms with Crippen molar-refractivity contribution in [3.63, 3.8) is 0 Å². The van der Waals surface area contributed by atoms with Gasteiger partial charge >= 0.3 is 0 Å². The molecule has 102 valence electrons. The van der Waals surface area contributed by atoms with Gasteiger partial charge in [0.1, 0.15) is 26.6 Å². The summed E-state index contributed by atoms with van der Waals surface area (Å²) in [6.45, 7) is 2.76. The Morgan fingerprint density at radius 1 is 1.44 bits per heavy atom. The van der Waals surface area contributed by atoms with Crippen LogP contribution in [0.15, 0.2) is 11.1 Å². The summed E-state index contributed by atoms with van der Waals surface area (Å²) in [7, 11) is -2.95. The molecular formula is C10H15ClN2O3S2. The van der Waals surface area contributed by atoms with E-state index in [1.807, 2.05) is 6.92 Å². The summed E-state index contributed by atoms with van der Waals surface area (Å²) in [5, 5.41) is 0.995. The molecular weight excluding hydrogens is 296 g/mol. The third-order valence-corrected chi connectivity index (χ3v) is 4.17. The SMILES string of the molecule is CCOCc1nc(Cl)cc(SCCS(C)(=O)=O)n1. The lowest BCUT2D eigenvalue weighted by atomic mass is 10.6. The Morgan fingerprint density at radius 3 is 2.78 bits per heavy atom. The van der Waals surface area contributed by atoms with Crippen molar-refractivity contribution in [2.45, 2.75) is 18.6 Å². The Balaban J connectivity index is 2.62. The Bertz CT molecular complexity index is 494. The maximum Gasteiger partial charge on any atom is 0.156 e. The van der Waals surface area contributed by atoms with Crippen LogP contribution in [0.1, 0.15) is 12.7 Å². The zero-order valence-electron chi connectivity index (χ0n) is 10.2. The Kier molecular flexibility index (Phi) is 6.34. The zero-order valence-corrected chi connectivity index (χ0v) is 12.6. The van der Waals surface area contributed by atoms with Gasteiger partial charge in [0.2, 0.25) is 0 Å². The zero-order chi connectivity index (χ0) is 13.6. The van der Waals surface area contributed by atoms with Gasteiger partial charge in [-0.25, -0.2) is 18.4 Å². The maximum atomic E-state index is 11.0. The molecule has 1 heterocycles. The normalized spacial score (nSPS) is 11.7. The van der Waals surface area contributed by atoms with Crippen molar-refractivity contribution in [2.24, 2.45) is 0 Å². The van der Waals surface area contributed by atoms with Crippen LogP contribution in [-0.4, -0.2) is 42.8 Å². The summed E-state index contributed by atoms with van der Waals surface area (Å²) in [5.74, 6) is 1.06. The molecule has 0 bridgehead atoms. The summed E-state index contributed by atoms with van der Waals surface area (Å²) in [6.07, 6.45) is 1.21. The molecule has 1 aromatic heterocycles. The topological polar surface area (TPSA) is 69.2 Å². The minimum absolute atomic E-state index is 0.111. The summed E-state index contributed by atoms with van der Waals surface area (Å²) in [6, 6.07) is 1.62. The van der Waals surface area contributed by atoms with E-state index in [0.29, 0.717) is 35.0 Å². The van der Waals surface area contributed by atoms with E-state index in [4.69, 9.17) is 16.3 Å². The number of hydrogen-bond donors (Lipinski definition) is 0. The number of hydrogen-bond acceptors (Lipinski definition) is 6. The lowest BCUT2D eigenvalue weighted by molar-refractivity contribution is 0.128. The molecule has 0 fully saturated rings. The van der Waals surface area contributed by atoms with E-state index in [1.54, 1.807) is 6.07 Å². The molecule has 0 N–H and O–H groups in total. The lowest BCUT2D eigenvalue weighted by Crippen LogP contribution is -2.06. The second kappa shape index (κ2) is 7.28. The van der Waals surface area contributed by atoms with Crippen molar-refractivity contribution in [1.82, 2.24) is 9.97 Å². The molecule has 1 aromatic rings. The Hall–Kier alpha value is -0.370. The molecule has 0 aromatic carbocycles. The highest BCUT2D eigenvalue weighted by Gasteiger charge is 2.07. The first-order valence-electron chi connectivity index (χ1n) is 5.32. The molecule has 0 amide bonds. The van der Waals surface area contributed by atoms with Gasteiger partial charge in [-0.3, -0.25) is 0 Å². The molecule has 0 aliphatic carbocycles. The fourth-order valence-electron chi connectivity index (χ4n) is 1.07. The van der Waals surface area contributed by atoms with Gasteiger partial charge in [0.25, 0.3) is 0 Å². The molecule has 0 unspecified atom stereocenters. The molecule has 0 atom stereocenters. The van der Waals surface area contributed by atoms with Crippen LogP contribution in [0.4, 0.5) is 0 Å². The largest absolute Gasteiger partial charge is 0.374 e. The van der Waals surface area contributed by atoms with E-state index in [0.717, 1.165) is 0 Å². The minimum Gasteiger partial charge on any atom is -0.374 e. The highest BCUT2D eigenvalue weighted by atomic mass is 35.5. The highest BCUT2D eigenvalue weighted by molar-refractivity contribution is 8.00. The first-order valence-corrected chi connectivity index (χ1v) is 8.75. The number of aromatic nitrogens is 2. The predicted molar refractivity (Wildman–Crippen MR) is 72.8 cm³/mol. The van der Waals surface area contributed by atoms with Gasteiger partial charge in [0.15, 0.2) is 5.82 Å². The predicted octanol–water partition coefficient (Wildman–Crippen LogP) is 1.80. The van der Waals surface area contributed by atoms with E-state index in [-0.39, 0.29) is 5.75 Å². The monoisotopic (exact) mass is 310 g/mol. The second-order valence-corrected chi connectivity index (χ2v) is 7.32. The van der Waals surface area contributed by atoms with E-state index < -0.39 is 9.84 Å². The number of rotatable bonds is 7. The van der Waals surface area contributed by atoms with E-state index >= 15 is 0 Å².